The highest BCUT2D eigenvalue weighted by Crippen LogP contribution is 2.39. The number of carbonyl (C=O) groups is 2. The van der Waals surface area contributed by atoms with E-state index in [1.54, 1.807) is 4.90 Å². The van der Waals surface area contributed by atoms with Gasteiger partial charge in [0.25, 0.3) is 11.5 Å². The monoisotopic (exact) mass is 306 g/mol. The van der Waals surface area contributed by atoms with E-state index in [-0.39, 0.29) is 16.9 Å². The lowest BCUT2D eigenvalue weighted by molar-refractivity contribution is -0.139. The van der Waals surface area contributed by atoms with Crippen LogP contribution in [0.15, 0.2) is 17.3 Å². The number of H-pyrrole nitrogens is 1. The van der Waals surface area contributed by atoms with Crippen LogP contribution in [0.5, 0.6) is 0 Å². The van der Waals surface area contributed by atoms with Gasteiger partial charge in [0, 0.05) is 25.8 Å². The molecular formula is C14H18N4O4. The fourth-order valence-corrected chi connectivity index (χ4v) is 3.32. The van der Waals surface area contributed by atoms with E-state index >= 15 is 0 Å². The van der Waals surface area contributed by atoms with Crippen molar-refractivity contribution in [1.82, 2.24) is 20.2 Å². The molecule has 1 aromatic rings. The van der Waals surface area contributed by atoms with E-state index in [1.165, 1.54) is 12.5 Å². The Labute approximate surface area is 126 Å². The predicted molar refractivity (Wildman–Crippen MR) is 76.5 cm³/mol. The van der Waals surface area contributed by atoms with Crippen LogP contribution >= 0.6 is 0 Å². The average Bonchev–Trinajstić information content (AvgIpc) is 2.92. The van der Waals surface area contributed by atoms with Crippen molar-refractivity contribution in [3.05, 3.63) is 28.4 Å². The highest BCUT2D eigenvalue weighted by atomic mass is 16.4. The maximum absolute atomic E-state index is 12.4. The van der Waals surface area contributed by atoms with Gasteiger partial charge in [-0.15, -0.1) is 0 Å². The van der Waals surface area contributed by atoms with Crippen LogP contribution in [-0.4, -0.2) is 57.5 Å². The van der Waals surface area contributed by atoms with Crippen molar-refractivity contribution < 1.29 is 14.7 Å². The number of aromatic nitrogens is 2. The minimum atomic E-state index is -0.822. The maximum Gasteiger partial charge on any atom is 0.320 e. The summed E-state index contributed by atoms with van der Waals surface area (Å²) in [5, 5.41) is 12.1. The highest BCUT2D eigenvalue weighted by molar-refractivity contribution is 5.93. The summed E-state index contributed by atoms with van der Waals surface area (Å²) in [5.41, 5.74) is -0.443. The van der Waals surface area contributed by atoms with E-state index in [0.717, 1.165) is 12.8 Å². The third-order valence-electron chi connectivity index (χ3n) is 4.72. The Morgan fingerprint density at radius 3 is 2.68 bits per heavy atom. The van der Waals surface area contributed by atoms with Gasteiger partial charge in [-0.3, -0.25) is 14.4 Å². The molecule has 8 nitrogen and oxygen atoms in total. The molecule has 1 amide bonds. The number of piperidine rings is 1. The molecule has 0 radical (unpaired) electrons. The van der Waals surface area contributed by atoms with Gasteiger partial charge in [-0.1, -0.05) is 0 Å². The van der Waals surface area contributed by atoms with Gasteiger partial charge in [0.15, 0.2) is 0 Å². The Hall–Kier alpha value is -2.22. The molecule has 0 aromatic carbocycles. The summed E-state index contributed by atoms with van der Waals surface area (Å²) in [6.45, 7) is 1.72. The van der Waals surface area contributed by atoms with Gasteiger partial charge in [0.2, 0.25) is 0 Å². The molecule has 0 saturated carbocycles. The molecule has 0 bridgehead atoms. The van der Waals surface area contributed by atoms with E-state index in [9.17, 15) is 14.4 Å². The second kappa shape index (κ2) is 5.53. The molecule has 3 heterocycles. The van der Waals surface area contributed by atoms with E-state index in [4.69, 9.17) is 5.11 Å². The van der Waals surface area contributed by atoms with E-state index < -0.39 is 17.6 Å². The van der Waals surface area contributed by atoms with Gasteiger partial charge in [0.1, 0.15) is 11.6 Å². The number of carbonyl (C=O) groups excluding carboxylic acids is 1. The van der Waals surface area contributed by atoms with E-state index in [0.29, 0.717) is 26.1 Å². The van der Waals surface area contributed by atoms with Gasteiger partial charge in [-0.25, -0.2) is 4.98 Å². The van der Waals surface area contributed by atoms with Crippen molar-refractivity contribution in [2.24, 2.45) is 5.41 Å². The zero-order valence-electron chi connectivity index (χ0n) is 12.0. The van der Waals surface area contributed by atoms with Crippen LogP contribution in [0.1, 0.15) is 29.6 Å². The third kappa shape index (κ3) is 2.61. The molecule has 2 aliphatic rings. The Morgan fingerprint density at radius 1 is 1.36 bits per heavy atom. The fraction of sp³-hybridized carbons (Fsp3) is 0.571. The quantitative estimate of drug-likeness (QED) is 0.674. The molecule has 1 aromatic heterocycles. The number of hydrogen-bond acceptors (Lipinski definition) is 5. The summed E-state index contributed by atoms with van der Waals surface area (Å²) < 4.78 is 0. The Morgan fingerprint density at radius 2 is 2.09 bits per heavy atom. The number of carboxylic acid groups (broad SMARTS) is 1. The van der Waals surface area contributed by atoms with Crippen molar-refractivity contribution in [2.75, 3.05) is 19.6 Å². The normalized spacial score (nSPS) is 23.6. The summed E-state index contributed by atoms with van der Waals surface area (Å²) in [6, 6.07) is -0.497. The maximum atomic E-state index is 12.4. The number of aliphatic carboxylic acids is 1. The molecular weight excluding hydrogens is 288 g/mol. The van der Waals surface area contributed by atoms with E-state index in [1.807, 2.05) is 0 Å². The van der Waals surface area contributed by atoms with Crippen LogP contribution in [0.2, 0.25) is 0 Å². The van der Waals surface area contributed by atoms with Crippen LogP contribution in [0, 0.1) is 5.41 Å². The van der Waals surface area contributed by atoms with Crippen LogP contribution in [0.25, 0.3) is 0 Å². The van der Waals surface area contributed by atoms with Crippen LogP contribution in [0.3, 0.4) is 0 Å². The first-order valence-electron chi connectivity index (χ1n) is 7.29. The summed E-state index contributed by atoms with van der Waals surface area (Å²) >= 11 is 0. The smallest absolute Gasteiger partial charge is 0.320 e. The molecule has 2 fully saturated rings. The number of carboxylic acids is 1. The molecule has 1 unspecified atom stereocenters. The SMILES string of the molecule is O=C(O)C1CC2(CCN(C(=O)c3cnc[nH]c3=O)CC2)CN1. The number of hydrogen-bond donors (Lipinski definition) is 3. The molecule has 2 aliphatic heterocycles. The van der Waals surface area contributed by atoms with Crippen LogP contribution in [0.4, 0.5) is 0 Å². The zero-order valence-corrected chi connectivity index (χ0v) is 12.0. The summed E-state index contributed by atoms with van der Waals surface area (Å²) in [5.74, 6) is -1.14. The second-order valence-electron chi connectivity index (χ2n) is 6.06. The van der Waals surface area contributed by atoms with Crippen LogP contribution in [-0.2, 0) is 4.79 Å². The molecule has 2 saturated heterocycles. The summed E-state index contributed by atoms with van der Waals surface area (Å²) in [4.78, 5) is 42.9. The number of amides is 1. The first-order valence-corrected chi connectivity index (χ1v) is 7.29. The molecule has 22 heavy (non-hydrogen) atoms. The van der Waals surface area contributed by atoms with Gasteiger partial charge in [-0.05, 0) is 24.7 Å². The van der Waals surface area contributed by atoms with Gasteiger partial charge < -0.3 is 20.3 Å². The lowest BCUT2D eigenvalue weighted by atomic mass is 9.76. The molecule has 3 rings (SSSR count). The van der Waals surface area contributed by atoms with Crippen molar-refractivity contribution in [3.63, 3.8) is 0 Å². The molecule has 1 spiro atoms. The first-order chi connectivity index (χ1) is 10.5. The number of nitrogens with zero attached hydrogens (tertiary/aromatic N) is 2. The lowest BCUT2D eigenvalue weighted by Crippen LogP contribution is -2.45. The molecule has 8 heteroatoms. The van der Waals surface area contributed by atoms with Crippen molar-refractivity contribution in [2.45, 2.75) is 25.3 Å². The molecule has 3 N–H and O–H groups in total. The number of aromatic amines is 1. The van der Waals surface area contributed by atoms with Gasteiger partial charge >= 0.3 is 5.97 Å². The molecule has 1 atom stereocenters. The predicted octanol–water partition coefficient (Wildman–Crippen LogP) is -0.561. The fourth-order valence-electron chi connectivity index (χ4n) is 3.32. The second-order valence-corrected chi connectivity index (χ2v) is 6.06. The Balaban J connectivity index is 1.65. The average molecular weight is 306 g/mol. The topological polar surface area (TPSA) is 115 Å². The molecule has 0 aliphatic carbocycles. The van der Waals surface area contributed by atoms with Crippen molar-refractivity contribution >= 4 is 11.9 Å². The third-order valence-corrected chi connectivity index (χ3v) is 4.72. The minimum Gasteiger partial charge on any atom is -0.480 e. The highest BCUT2D eigenvalue weighted by Gasteiger charge is 2.44. The summed E-state index contributed by atoms with van der Waals surface area (Å²) in [7, 11) is 0. The molecule has 118 valence electrons. The zero-order chi connectivity index (χ0) is 15.7. The minimum absolute atomic E-state index is 0.0476. The van der Waals surface area contributed by atoms with Gasteiger partial charge in [0.05, 0.1) is 6.33 Å². The number of nitrogens with one attached hydrogen (secondary N) is 2. The number of likely N-dealkylation sites (tertiary alicyclic amines) is 1. The van der Waals surface area contributed by atoms with Crippen LogP contribution < -0.4 is 10.9 Å². The van der Waals surface area contributed by atoms with Gasteiger partial charge in [-0.2, -0.15) is 0 Å². The largest absolute Gasteiger partial charge is 0.480 e. The van der Waals surface area contributed by atoms with E-state index in [2.05, 4.69) is 15.3 Å². The van der Waals surface area contributed by atoms with Crippen molar-refractivity contribution in [3.8, 4) is 0 Å². The first kappa shape index (κ1) is 14.7. The standard InChI is InChI=1S/C14H18N4O4/c19-11-9(6-15-8-17-11)12(20)18-3-1-14(2-4-18)5-10(13(21)22)16-7-14/h6,8,10,16H,1-5,7H2,(H,21,22)(H,15,17,19). The van der Waals surface area contributed by atoms with Crippen molar-refractivity contribution in [1.29, 1.82) is 0 Å². The Bertz CT molecular complexity index is 648. The number of rotatable bonds is 2. The lowest BCUT2D eigenvalue weighted by Gasteiger charge is -2.38. The Kier molecular flexibility index (Phi) is 3.69. The summed E-state index contributed by atoms with van der Waals surface area (Å²) in [6.07, 6.45) is 4.61.